The maximum absolute atomic E-state index is 13.3. The molecule has 0 radical (unpaired) electrons. The predicted molar refractivity (Wildman–Crippen MR) is 116 cm³/mol. The Balaban J connectivity index is 1.59. The number of hydrogen-bond acceptors (Lipinski definition) is 4. The summed E-state index contributed by atoms with van der Waals surface area (Å²) in [5, 5.41) is 4.34. The van der Waals surface area contributed by atoms with Crippen molar-refractivity contribution < 1.29 is 13.9 Å². The van der Waals surface area contributed by atoms with Gasteiger partial charge < -0.3 is 9.64 Å². The molecule has 1 atom stereocenters. The Morgan fingerprint density at radius 2 is 1.97 bits per heavy atom. The largest absolute Gasteiger partial charge is 0.494 e. The van der Waals surface area contributed by atoms with E-state index in [1.807, 2.05) is 43.0 Å². The molecule has 6 nitrogen and oxygen atoms in total. The van der Waals surface area contributed by atoms with E-state index in [1.165, 1.54) is 12.1 Å². The fraction of sp³-hybridized carbons (Fsp3) is 0.292. The summed E-state index contributed by atoms with van der Waals surface area (Å²) in [6, 6.07) is 12.0. The third-order valence-electron chi connectivity index (χ3n) is 5.60. The van der Waals surface area contributed by atoms with Crippen LogP contribution in [-0.2, 0) is 4.79 Å². The summed E-state index contributed by atoms with van der Waals surface area (Å²) in [4.78, 5) is 19.2. The van der Waals surface area contributed by atoms with Crippen molar-refractivity contribution in [3.63, 3.8) is 0 Å². The lowest BCUT2D eigenvalue weighted by atomic mass is 9.97. The molecule has 160 valence electrons. The predicted octanol–water partition coefficient (Wildman–Crippen LogP) is 4.49. The molecule has 7 heteroatoms. The van der Waals surface area contributed by atoms with Crippen LogP contribution in [0, 0.1) is 12.7 Å². The van der Waals surface area contributed by atoms with Crippen LogP contribution in [0.4, 0.5) is 4.39 Å². The quantitative estimate of drug-likeness (QED) is 0.571. The Morgan fingerprint density at radius 3 is 2.65 bits per heavy atom. The molecule has 4 rings (SSSR count). The Labute approximate surface area is 181 Å². The molecule has 3 aromatic rings. The first-order valence-corrected chi connectivity index (χ1v) is 10.3. The highest BCUT2D eigenvalue weighted by molar-refractivity contribution is 5.98. The summed E-state index contributed by atoms with van der Waals surface area (Å²) in [6.07, 6.45) is 5.17. The van der Waals surface area contributed by atoms with Gasteiger partial charge in [-0.15, -0.1) is 0 Å². The number of carbonyl (C=O) groups is 1. The van der Waals surface area contributed by atoms with Crippen LogP contribution in [0.1, 0.15) is 42.8 Å². The normalized spacial score (nSPS) is 16.6. The zero-order valence-corrected chi connectivity index (χ0v) is 17.9. The number of rotatable bonds is 5. The molecule has 0 aliphatic carbocycles. The number of hydrogen-bond donors (Lipinski definition) is 0. The summed E-state index contributed by atoms with van der Waals surface area (Å²) < 4.78 is 20.5. The van der Waals surface area contributed by atoms with E-state index in [9.17, 15) is 9.18 Å². The van der Waals surface area contributed by atoms with Crippen molar-refractivity contribution in [1.29, 1.82) is 0 Å². The number of likely N-dealkylation sites (tertiary alicyclic amines) is 1. The summed E-state index contributed by atoms with van der Waals surface area (Å²) >= 11 is 0. The molecule has 1 fully saturated rings. The highest BCUT2D eigenvalue weighted by Crippen LogP contribution is 2.30. The molecule has 0 spiro atoms. The van der Waals surface area contributed by atoms with Crippen LogP contribution in [-0.4, -0.2) is 39.2 Å². The lowest BCUT2D eigenvalue weighted by Crippen LogP contribution is -2.38. The van der Waals surface area contributed by atoms with Gasteiger partial charge in [-0.2, -0.15) is 5.10 Å². The maximum Gasteiger partial charge on any atom is 0.250 e. The average molecular weight is 420 g/mol. The average Bonchev–Trinajstić information content (AvgIpc) is 3.21. The number of halogens is 1. The van der Waals surface area contributed by atoms with Crippen LogP contribution in [0.25, 0.3) is 11.8 Å². The molecule has 2 heterocycles. The lowest BCUT2D eigenvalue weighted by molar-refractivity contribution is -0.130. The van der Waals surface area contributed by atoms with Crippen LogP contribution in [0.3, 0.4) is 0 Å². The zero-order valence-electron chi connectivity index (χ0n) is 17.9. The molecule has 0 bridgehead atoms. The zero-order chi connectivity index (χ0) is 22.0. The van der Waals surface area contributed by atoms with Crippen molar-refractivity contribution in [2.45, 2.75) is 32.7 Å². The number of nitrogens with zero attached hydrogens (tertiary/aromatic N) is 4. The lowest BCUT2D eigenvalue weighted by Gasteiger charge is -2.34. The van der Waals surface area contributed by atoms with Gasteiger partial charge in [-0.3, -0.25) is 4.79 Å². The monoisotopic (exact) mass is 420 g/mol. The minimum Gasteiger partial charge on any atom is -0.494 e. The maximum atomic E-state index is 13.3. The fourth-order valence-electron chi connectivity index (χ4n) is 3.89. The minimum absolute atomic E-state index is 0.0121. The second-order valence-corrected chi connectivity index (χ2v) is 7.67. The van der Waals surface area contributed by atoms with Crippen LogP contribution >= 0.6 is 0 Å². The molecule has 1 aliphatic rings. The number of piperidine rings is 1. The van der Waals surface area contributed by atoms with Crippen LogP contribution < -0.4 is 4.74 Å². The second kappa shape index (κ2) is 8.71. The molecule has 2 aromatic carbocycles. The molecule has 0 saturated carbocycles. The van der Waals surface area contributed by atoms with E-state index in [0.717, 1.165) is 35.2 Å². The topological polar surface area (TPSA) is 60.2 Å². The Kier molecular flexibility index (Phi) is 5.84. The number of amides is 1. The molecule has 1 aliphatic heterocycles. The standard InChI is InChI=1S/C24H25FN4O2/c1-16(19-7-9-21(25)10-8-19)28-12-4-5-20(24(28)30)13-18-6-11-22(23(14-18)31-3)29-15-26-17(2)27-29/h6-11,13-16H,4-5,12H2,1-3H3/b20-13+/t16-/m0/s1. The number of aryl methyl sites for hydroxylation is 1. The first kappa shape index (κ1) is 20.8. The van der Waals surface area contributed by atoms with E-state index in [-0.39, 0.29) is 17.8 Å². The van der Waals surface area contributed by atoms with E-state index in [2.05, 4.69) is 10.1 Å². The molecule has 0 unspecified atom stereocenters. The van der Waals surface area contributed by atoms with Crippen molar-refractivity contribution in [3.05, 3.63) is 77.1 Å². The van der Waals surface area contributed by atoms with Crippen LogP contribution in [0.15, 0.2) is 54.4 Å². The smallest absolute Gasteiger partial charge is 0.250 e. The van der Waals surface area contributed by atoms with Gasteiger partial charge in [0.15, 0.2) is 0 Å². The number of benzene rings is 2. The van der Waals surface area contributed by atoms with Crippen molar-refractivity contribution in [3.8, 4) is 11.4 Å². The van der Waals surface area contributed by atoms with E-state index in [0.29, 0.717) is 18.1 Å². The van der Waals surface area contributed by atoms with E-state index >= 15 is 0 Å². The molecule has 0 N–H and O–H groups in total. The van der Waals surface area contributed by atoms with Gasteiger partial charge in [-0.25, -0.2) is 14.1 Å². The van der Waals surface area contributed by atoms with Gasteiger partial charge in [0.2, 0.25) is 5.91 Å². The SMILES string of the molecule is COc1cc(/C=C2\CCCN([C@@H](C)c3ccc(F)cc3)C2=O)ccc1-n1cnc(C)n1. The number of ether oxygens (including phenoxy) is 1. The fourth-order valence-corrected chi connectivity index (χ4v) is 3.89. The highest BCUT2D eigenvalue weighted by atomic mass is 19.1. The number of carbonyl (C=O) groups excluding carboxylic acids is 1. The van der Waals surface area contributed by atoms with Gasteiger partial charge in [-0.05, 0) is 68.2 Å². The van der Waals surface area contributed by atoms with Gasteiger partial charge in [0.25, 0.3) is 0 Å². The van der Waals surface area contributed by atoms with Gasteiger partial charge in [0.05, 0.1) is 13.2 Å². The summed E-state index contributed by atoms with van der Waals surface area (Å²) in [5.41, 5.74) is 3.35. The summed E-state index contributed by atoms with van der Waals surface area (Å²) in [5.74, 6) is 1.06. The summed E-state index contributed by atoms with van der Waals surface area (Å²) in [6.45, 7) is 4.49. The molecule has 1 aromatic heterocycles. The van der Waals surface area contributed by atoms with Gasteiger partial charge in [0, 0.05) is 12.1 Å². The molecule has 1 saturated heterocycles. The number of aromatic nitrogens is 3. The molecular weight excluding hydrogens is 395 g/mol. The van der Waals surface area contributed by atoms with Crippen molar-refractivity contribution in [1.82, 2.24) is 19.7 Å². The molecule has 31 heavy (non-hydrogen) atoms. The van der Waals surface area contributed by atoms with Crippen molar-refractivity contribution >= 4 is 12.0 Å². The second-order valence-electron chi connectivity index (χ2n) is 7.67. The van der Waals surface area contributed by atoms with E-state index in [1.54, 1.807) is 30.3 Å². The Bertz CT molecular complexity index is 1120. The van der Waals surface area contributed by atoms with Crippen LogP contribution in [0.5, 0.6) is 5.75 Å². The van der Waals surface area contributed by atoms with Crippen LogP contribution in [0.2, 0.25) is 0 Å². The number of methoxy groups -OCH3 is 1. The van der Waals surface area contributed by atoms with Gasteiger partial charge in [0.1, 0.15) is 29.4 Å². The Morgan fingerprint density at radius 1 is 1.19 bits per heavy atom. The highest BCUT2D eigenvalue weighted by Gasteiger charge is 2.28. The summed E-state index contributed by atoms with van der Waals surface area (Å²) in [7, 11) is 1.61. The van der Waals surface area contributed by atoms with Crippen molar-refractivity contribution in [2.24, 2.45) is 0 Å². The first-order chi connectivity index (χ1) is 15.0. The van der Waals surface area contributed by atoms with E-state index in [4.69, 9.17) is 4.74 Å². The van der Waals surface area contributed by atoms with E-state index < -0.39 is 0 Å². The third kappa shape index (κ3) is 4.35. The van der Waals surface area contributed by atoms with Gasteiger partial charge in [-0.1, -0.05) is 18.2 Å². The van der Waals surface area contributed by atoms with Crippen molar-refractivity contribution in [2.75, 3.05) is 13.7 Å². The molecular formula is C24H25FN4O2. The first-order valence-electron chi connectivity index (χ1n) is 10.3. The third-order valence-corrected chi connectivity index (χ3v) is 5.60. The Hall–Kier alpha value is -3.48. The van der Waals surface area contributed by atoms with Gasteiger partial charge >= 0.3 is 0 Å². The minimum atomic E-state index is -0.278. The molecule has 1 amide bonds.